The number of hydrogen-bond donors (Lipinski definition) is 1. The quantitative estimate of drug-likeness (QED) is 0.844. The van der Waals surface area contributed by atoms with Crippen molar-refractivity contribution in [3.8, 4) is 0 Å². The van der Waals surface area contributed by atoms with Gasteiger partial charge in [-0.05, 0) is 37.0 Å². The number of nitrogens with one attached hydrogen (secondary N) is 1. The molecular formula is C15H20ClNO2. The number of hydrogen-bond acceptors (Lipinski definition) is 3. The van der Waals surface area contributed by atoms with Gasteiger partial charge in [-0.25, -0.2) is 4.79 Å². The van der Waals surface area contributed by atoms with Gasteiger partial charge in [-0.15, -0.1) is 0 Å². The molecule has 0 spiro atoms. The second-order valence-corrected chi connectivity index (χ2v) is 5.48. The molecule has 2 rings (SSSR count). The lowest BCUT2D eigenvalue weighted by atomic mass is 9.89. The van der Waals surface area contributed by atoms with E-state index in [1.54, 1.807) is 18.2 Å². The van der Waals surface area contributed by atoms with Crippen molar-refractivity contribution >= 4 is 23.3 Å². The van der Waals surface area contributed by atoms with Gasteiger partial charge in [0.05, 0.1) is 23.4 Å². The van der Waals surface area contributed by atoms with Crippen LogP contribution >= 0.6 is 11.6 Å². The van der Waals surface area contributed by atoms with Gasteiger partial charge in [-0.1, -0.05) is 30.9 Å². The Morgan fingerprint density at radius 1 is 1.37 bits per heavy atom. The van der Waals surface area contributed by atoms with Crippen LogP contribution in [0.25, 0.3) is 0 Å². The van der Waals surface area contributed by atoms with Crippen molar-refractivity contribution in [2.24, 2.45) is 5.92 Å². The van der Waals surface area contributed by atoms with Gasteiger partial charge in [0, 0.05) is 6.54 Å². The van der Waals surface area contributed by atoms with E-state index in [0.29, 0.717) is 16.5 Å². The Bertz CT molecular complexity index is 442. The predicted octanol–water partition coefficient (Wildman–Crippen LogP) is 4.12. The highest BCUT2D eigenvalue weighted by Crippen LogP contribution is 2.27. The smallest absolute Gasteiger partial charge is 0.337 e. The Hall–Kier alpha value is -1.22. The second-order valence-electron chi connectivity index (χ2n) is 5.07. The van der Waals surface area contributed by atoms with Gasteiger partial charge in [0.15, 0.2) is 0 Å². The number of rotatable bonds is 4. The second kappa shape index (κ2) is 6.80. The van der Waals surface area contributed by atoms with Gasteiger partial charge in [0.1, 0.15) is 0 Å². The van der Waals surface area contributed by atoms with Gasteiger partial charge in [-0.2, -0.15) is 0 Å². The number of carbonyl (C=O) groups excluding carboxylic acids is 1. The molecule has 1 aromatic carbocycles. The van der Waals surface area contributed by atoms with Gasteiger partial charge in [0.2, 0.25) is 0 Å². The maximum atomic E-state index is 11.5. The average molecular weight is 282 g/mol. The highest BCUT2D eigenvalue weighted by Gasteiger charge is 2.14. The van der Waals surface area contributed by atoms with Crippen molar-refractivity contribution in [2.45, 2.75) is 32.1 Å². The number of benzene rings is 1. The zero-order valence-electron chi connectivity index (χ0n) is 11.2. The number of ether oxygens (including phenoxy) is 1. The molecule has 0 aromatic heterocycles. The van der Waals surface area contributed by atoms with Gasteiger partial charge >= 0.3 is 5.97 Å². The van der Waals surface area contributed by atoms with E-state index in [1.807, 2.05) is 0 Å². The summed E-state index contributed by atoms with van der Waals surface area (Å²) in [6.07, 6.45) is 6.56. The summed E-state index contributed by atoms with van der Waals surface area (Å²) < 4.78 is 4.72. The molecule has 0 radical (unpaired) electrons. The normalized spacial score (nSPS) is 16.1. The number of esters is 1. The maximum Gasteiger partial charge on any atom is 0.337 e. The SMILES string of the molecule is COC(=O)c1ccc(Cl)c(NCC2CCCCC2)c1. The molecule has 1 aliphatic rings. The van der Waals surface area contributed by atoms with Crippen molar-refractivity contribution in [1.82, 2.24) is 0 Å². The van der Waals surface area contributed by atoms with Crippen LogP contribution in [0.15, 0.2) is 18.2 Å². The highest BCUT2D eigenvalue weighted by atomic mass is 35.5. The summed E-state index contributed by atoms with van der Waals surface area (Å²) in [5, 5.41) is 4.00. The lowest BCUT2D eigenvalue weighted by Crippen LogP contribution is -2.17. The molecule has 1 N–H and O–H groups in total. The minimum absolute atomic E-state index is 0.336. The Labute approximate surface area is 119 Å². The van der Waals surface area contributed by atoms with Crippen molar-refractivity contribution in [1.29, 1.82) is 0 Å². The molecule has 0 bridgehead atoms. The third-order valence-corrected chi connectivity index (χ3v) is 4.02. The number of halogens is 1. The first-order chi connectivity index (χ1) is 9.20. The van der Waals surface area contributed by atoms with Crippen LogP contribution in [-0.4, -0.2) is 19.6 Å². The van der Waals surface area contributed by atoms with Crippen molar-refractivity contribution < 1.29 is 9.53 Å². The minimum atomic E-state index is -0.336. The molecule has 1 aromatic rings. The Morgan fingerprint density at radius 3 is 2.79 bits per heavy atom. The third-order valence-electron chi connectivity index (χ3n) is 3.69. The van der Waals surface area contributed by atoms with E-state index in [1.165, 1.54) is 39.2 Å². The molecule has 19 heavy (non-hydrogen) atoms. The van der Waals surface area contributed by atoms with Crippen molar-refractivity contribution in [3.63, 3.8) is 0 Å². The van der Waals surface area contributed by atoms with E-state index in [2.05, 4.69) is 5.32 Å². The van der Waals surface area contributed by atoms with Crippen LogP contribution in [0.3, 0.4) is 0 Å². The first-order valence-corrected chi connectivity index (χ1v) is 7.20. The van der Waals surface area contributed by atoms with Gasteiger partial charge in [0.25, 0.3) is 0 Å². The maximum absolute atomic E-state index is 11.5. The largest absolute Gasteiger partial charge is 0.465 e. The van der Waals surface area contributed by atoms with Crippen LogP contribution in [-0.2, 0) is 4.74 Å². The first-order valence-electron chi connectivity index (χ1n) is 6.82. The standard InChI is InChI=1S/C15H20ClNO2/c1-19-15(18)12-7-8-13(16)14(9-12)17-10-11-5-3-2-4-6-11/h7-9,11,17H,2-6,10H2,1H3. The van der Waals surface area contributed by atoms with Crippen LogP contribution in [0.2, 0.25) is 5.02 Å². The fourth-order valence-corrected chi connectivity index (χ4v) is 2.74. The molecule has 4 heteroatoms. The zero-order valence-corrected chi connectivity index (χ0v) is 12.0. The molecule has 0 unspecified atom stereocenters. The Balaban J connectivity index is 2.00. The lowest BCUT2D eigenvalue weighted by Gasteiger charge is -2.22. The summed E-state index contributed by atoms with van der Waals surface area (Å²) in [5.41, 5.74) is 1.34. The molecule has 1 aliphatic carbocycles. The molecule has 3 nitrogen and oxygen atoms in total. The van der Waals surface area contributed by atoms with E-state index in [-0.39, 0.29) is 5.97 Å². The molecule has 1 fully saturated rings. The topological polar surface area (TPSA) is 38.3 Å². The van der Waals surface area contributed by atoms with Crippen LogP contribution in [0, 0.1) is 5.92 Å². The summed E-state index contributed by atoms with van der Waals surface area (Å²) >= 11 is 6.15. The fraction of sp³-hybridized carbons (Fsp3) is 0.533. The Kier molecular flexibility index (Phi) is 5.08. The molecule has 0 aliphatic heterocycles. The van der Waals surface area contributed by atoms with E-state index in [0.717, 1.165) is 12.2 Å². The molecule has 0 atom stereocenters. The highest BCUT2D eigenvalue weighted by molar-refractivity contribution is 6.33. The average Bonchev–Trinajstić information content (AvgIpc) is 2.46. The molecule has 0 heterocycles. The van der Waals surface area contributed by atoms with E-state index in [4.69, 9.17) is 16.3 Å². The summed E-state index contributed by atoms with van der Waals surface area (Å²) in [6, 6.07) is 5.17. The summed E-state index contributed by atoms with van der Waals surface area (Å²) in [6.45, 7) is 0.921. The van der Waals surface area contributed by atoms with Crippen LogP contribution in [0.1, 0.15) is 42.5 Å². The van der Waals surface area contributed by atoms with Crippen molar-refractivity contribution in [2.75, 3.05) is 19.0 Å². The molecule has 0 saturated heterocycles. The van der Waals surface area contributed by atoms with E-state index < -0.39 is 0 Å². The van der Waals surface area contributed by atoms with Crippen molar-refractivity contribution in [3.05, 3.63) is 28.8 Å². The minimum Gasteiger partial charge on any atom is -0.465 e. The van der Waals surface area contributed by atoms with Crippen LogP contribution in [0.4, 0.5) is 5.69 Å². The zero-order chi connectivity index (χ0) is 13.7. The predicted molar refractivity (Wildman–Crippen MR) is 77.9 cm³/mol. The first kappa shape index (κ1) is 14.2. The van der Waals surface area contributed by atoms with Gasteiger partial charge < -0.3 is 10.1 Å². The Morgan fingerprint density at radius 2 is 2.11 bits per heavy atom. The fourth-order valence-electron chi connectivity index (χ4n) is 2.55. The van der Waals surface area contributed by atoms with Crippen LogP contribution in [0.5, 0.6) is 0 Å². The van der Waals surface area contributed by atoms with E-state index >= 15 is 0 Å². The summed E-state index contributed by atoms with van der Waals surface area (Å²) in [4.78, 5) is 11.5. The number of carbonyl (C=O) groups is 1. The number of methoxy groups -OCH3 is 1. The van der Waals surface area contributed by atoms with Crippen LogP contribution < -0.4 is 5.32 Å². The number of anilines is 1. The third kappa shape index (κ3) is 3.87. The molecule has 1 saturated carbocycles. The molecule has 0 amide bonds. The summed E-state index contributed by atoms with van der Waals surface area (Å²) in [5.74, 6) is 0.379. The van der Waals surface area contributed by atoms with E-state index in [9.17, 15) is 4.79 Å². The summed E-state index contributed by atoms with van der Waals surface area (Å²) in [7, 11) is 1.38. The molecule has 104 valence electrons. The molecular weight excluding hydrogens is 262 g/mol. The lowest BCUT2D eigenvalue weighted by molar-refractivity contribution is 0.0601. The monoisotopic (exact) mass is 281 g/mol. The van der Waals surface area contributed by atoms with Gasteiger partial charge in [-0.3, -0.25) is 0 Å².